The summed E-state index contributed by atoms with van der Waals surface area (Å²) in [4.78, 5) is 11.1. The summed E-state index contributed by atoms with van der Waals surface area (Å²) in [6, 6.07) is 1.22. The Morgan fingerprint density at radius 2 is 2.15 bits per heavy atom. The molecule has 1 aromatic heterocycles. The largest absolute Gasteiger partial charge is 0.477 e. The Hall–Kier alpha value is -1.38. The van der Waals surface area contributed by atoms with E-state index in [2.05, 4.69) is 0 Å². The van der Waals surface area contributed by atoms with Gasteiger partial charge in [-0.05, 0) is 19.4 Å². The van der Waals surface area contributed by atoms with Gasteiger partial charge in [0.05, 0.1) is 6.61 Å². The summed E-state index contributed by atoms with van der Waals surface area (Å²) in [5.41, 5.74) is -0.0165. The molecule has 0 saturated carbocycles. The molecule has 1 N–H and O–H groups in total. The number of sulfonamides is 1. The molecule has 7 nitrogen and oxygen atoms in total. The van der Waals surface area contributed by atoms with Crippen molar-refractivity contribution >= 4 is 16.0 Å². The van der Waals surface area contributed by atoms with Gasteiger partial charge >= 0.3 is 5.97 Å². The lowest BCUT2D eigenvalue weighted by molar-refractivity contribution is 0.0685. The number of carboxylic acid groups (broad SMARTS) is 1. The van der Waals surface area contributed by atoms with E-state index in [9.17, 15) is 13.2 Å². The zero-order chi connectivity index (χ0) is 14.8. The highest BCUT2D eigenvalue weighted by molar-refractivity contribution is 7.89. The smallest absolute Gasteiger partial charge is 0.352 e. The predicted molar refractivity (Wildman–Crippen MR) is 71.3 cm³/mol. The molecule has 8 heteroatoms. The van der Waals surface area contributed by atoms with Gasteiger partial charge in [0.1, 0.15) is 10.6 Å². The average molecular weight is 302 g/mol. The molecule has 20 heavy (non-hydrogen) atoms. The van der Waals surface area contributed by atoms with Crippen LogP contribution in [0.15, 0.2) is 17.2 Å². The Bertz CT molecular complexity index is 585. The van der Waals surface area contributed by atoms with Crippen molar-refractivity contribution in [1.29, 1.82) is 0 Å². The summed E-state index contributed by atoms with van der Waals surface area (Å²) in [5, 5.41) is 9.08. The first-order valence-electron chi connectivity index (χ1n) is 6.48. The van der Waals surface area contributed by atoms with Gasteiger partial charge in [0.15, 0.2) is 0 Å². The van der Waals surface area contributed by atoms with Gasteiger partial charge in [-0.1, -0.05) is 0 Å². The maximum atomic E-state index is 12.5. The topological polar surface area (TPSA) is 88.8 Å². The van der Waals surface area contributed by atoms with Crippen LogP contribution in [0.2, 0.25) is 0 Å². The second-order valence-corrected chi connectivity index (χ2v) is 6.46. The van der Waals surface area contributed by atoms with Crippen LogP contribution < -0.4 is 0 Å². The number of aromatic carboxylic acids is 1. The Balaban J connectivity index is 2.35. The van der Waals surface area contributed by atoms with E-state index in [-0.39, 0.29) is 10.6 Å². The molecule has 0 unspecified atom stereocenters. The highest BCUT2D eigenvalue weighted by atomic mass is 32.2. The van der Waals surface area contributed by atoms with Gasteiger partial charge in [-0.15, -0.1) is 0 Å². The fourth-order valence-corrected chi connectivity index (χ4v) is 3.68. The van der Waals surface area contributed by atoms with Crippen LogP contribution in [-0.2, 0) is 21.3 Å². The van der Waals surface area contributed by atoms with Crippen LogP contribution in [-0.4, -0.2) is 54.7 Å². The number of ether oxygens (including phenoxy) is 1. The minimum absolute atomic E-state index is 0.0165. The molecule has 2 heterocycles. The first-order chi connectivity index (χ1) is 9.46. The van der Waals surface area contributed by atoms with Crippen LogP contribution in [0.4, 0.5) is 0 Å². The van der Waals surface area contributed by atoms with Crippen molar-refractivity contribution < 1.29 is 23.1 Å². The van der Waals surface area contributed by atoms with Crippen molar-refractivity contribution in [3.8, 4) is 0 Å². The lowest BCUT2D eigenvalue weighted by Crippen LogP contribution is -2.33. The van der Waals surface area contributed by atoms with Gasteiger partial charge in [0.2, 0.25) is 10.0 Å². The Kier molecular flexibility index (Phi) is 4.46. The molecule has 0 aliphatic carbocycles. The molecule has 1 aromatic rings. The van der Waals surface area contributed by atoms with Gasteiger partial charge < -0.3 is 14.4 Å². The minimum atomic E-state index is -3.66. The van der Waals surface area contributed by atoms with Gasteiger partial charge in [0, 0.05) is 32.4 Å². The molecule has 0 amide bonds. The zero-order valence-electron chi connectivity index (χ0n) is 11.3. The van der Waals surface area contributed by atoms with Crippen molar-refractivity contribution in [3.05, 3.63) is 18.0 Å². The molecule has 1 aliphatic heterocycles. The number of aryl methyl sites for hydroxylation is 1. The van der Waals surface area contributed by atoms with Crippen molar-refractivity contribution in [2.45, 2.75) is 24.8 Å². The third kappa shape index (κ3) is 2.87. The first-order valence-corrected chi connectivity index (χ1v) is 7.92. The lowest BCUT2D eigenvalue weighted by atomic mass is 10.4. The summed E-state index contributed by atoms with van der Waals surface area (Å²) in [6.07, 6.45) is 2.02. The number of aromatic nitrogens is 1. The monoisotopic (exact) mass is 302 g/mol. The Morgan fingerprint density at radius 1 is 1.40 bits per heavy atom. The van der Waals surface area contributed by atoms with E-state index in [4.69, 9.17) is 9.84 Å². The Labute approximate surface area is 117 Å². The van der Waals surface area contributed by atoms with Crippen molar-refractivity contribution in [2.24, 2.45) is 0 Å². The quantitative estimate of drug-likeness (QED) is 0.880. The van der Waals surface area contributed by atoms with E-state index in [1.165, 1.54) is 21.1 Å². The van der Waals surface area contributed by atoms with Crippen molar-refractivity contribution in [2.75, 3.05) is 26.3 Å². The molecule has 1 fully saturated rings. The van der Waals surface area contributed by atoms with Crippen LogP contribution >= 0.6 is 0 Å². The summed E-state index contributed by atoms with van der Waals surface area (Å²) in [5.74, 6) is -1.13. The van der Waals surface area contributed by atoms with E-state index in [1.807, 2.05) is 0 Å². The predicted octanol–water partition coefficient (Wildman–Crippen LogP) is 0.617. The van der Waals surface area contributed by atoms with E-state index in [0.29, 0.717) is 39.3 Å². The van der Waals surface area contributed by atoms with Crippen molar-refractivity contribution in [1.82, 2.24) is 8.87 Å². The molecular weight excluding hydrogens is 284 g/mol. The number of nitrogens with zero attached hydrogens (tertiary/aromatic N) is 2. The zero-order valence-corrected chi connectivity index (χ0v) is 12.1. The van der Waals surface area contributed by atoms with Crippen LogP contribution in [0.1, 0.15) is 23.8 Å². The molecule has 112 valence electrons. The molecule has 2 rings (SSSR count). The lowest BCUT2D eigenvalue weighted by Gasteiger charge is -2.18. The number of hydrogen-bond acceptors (Lipinski definition) is 4. The van der Waals surface area contributed by atoms with Gasteiger partial charge in [-0.2, -0.15) is 4.31 Å². The third-order valence-corrected chi connectivity index (χ3v) is 5.11. The van der Waals surface area contributed by atoms with E-state index >= 15 is 0 Å². The number of carbonyl (C=O) groups is 1. The fraction of sp³-hybridized carbons (Fsp3) is 0.583. The summed E-state index contributed by atoms with van der Waals surface area (Å²) >= 11 is 0. The molecule has 1 saturated heterocycles. The van der Waals surface area contributed by atoms with Crippen LogP contribution in [0.5, 0.6) is 0 Å². The highest BCUT2D eigenvalue weighted by Crippen LogP contribution is 2.20. The first kappa shape index (κ1) is 15.0. The summed E-state index contributed by atoms with van der Waals surface area (Å²) in [7, 11) is -3.66. The molecule has 0 bridgehead atoms. The van der Waals surface area contributed by atoms with Crippen LogP contribution in [0.25, 0.3) is 0 Å². The van der Waals surface area contributed by atoms with Gasteiger partial charge in [0.25, 0.3) is 0 Å². The molecule has 0 atom stereocenters. The van der Waals surface area contributed by atoms with E-state index < -0.39 is 16.0 Å². The molecule has 0 spiro atoms. The second kappa shape index (κ2) is 5.94. The minimum Gasteiger partial charge on any atom is -0.477 e. The maximum Gasteiger partial charge on any atom is 0.352 e. The number of carboxylic acids is 1. The van der Waals surface area contributed by atoms with Crippen LogP contribution in [0.3, 0.4) is 0 Å². The third-order valence-electron chi connectivity index (χ3n) is 3.25. The molecule has 1 aliphatic rings. The van der Waals surface area contributed by atoms with Crippen LogP contribution in [0, 0.1) is 0 Å². The normalized spacial score (nSPS) is 17.9. The molecule has 0 radical (unpaired) electrons. The number of rotatable bonds is 4. The second-order valence-electron chi connectivity index (χ2n) is 4.52. The summed E-state index contributed by atoms with van der Waals surface area (Å²) < 4.78 is 33.0. The highest BCUT2D eigenvalue weighted by Gasteiger charge is 2.28. The van der Waals surface area contributed by atoms with Gasteiger partial charge in [-0.3, -0.25) is 0 Å². The average Bonchev–Trinajstić information content (AvgIpc) is 2.66. The van der Waals surface area contributed by atoms with E-state index in [0.717, 1.165) is 0 Å². The Morgan fingerprint density at radius 3 is 2.75 bits per heavy atom. The standard InChI is InChI=1S/C12H18N2O5S/c1-2-13-9-10(8-11(13)12(15)16)20(17,18)14-4-3-6-19-7-5-14/h8-9H,2-7H2,1H3,(H,15,16). The van der Waals surface area contributed by atoms with Crippen molar-refractivity contribution in [3.63, 3.8) is 0 Å². The maximum absolute atomic E-state index is 12.5. The molecular formula is C12H18N2O5S. The SMILES string of the molecule is CCn1cc(S(=O)(=O)N2CCCOCC2)cc1C(=O)O. The number of hydrogen-bond donors (Lipinski definition) is 1. The molecule has 0 aromatic carbocycles. The van der Waals surface area contributed by atoms with Gasteiger partial charge in [-0.25, -0.2) is 13.2 Å². The summed E-state index contributed by atoms with van der Waals surface area (Å²) in [6.45, 7) is 3.76. The van der Waals surface area contributed by atoms with E-state index in [1.54, 1.807) is 6.92 Å². The fourth-order valence-electron chi connectivity index (χ4n) is 2.18.